The van der Waals surface area contributed by atoms with Crippen LogP contribution in [-0.2, 0) is 9.47 Å². The second-order valence-electron chi connectivity index (χ2n) is 2.74. The molecular formula is C9H14ClNO2S. The smallest absolute Gasteiger partial charge is 0.177 e. The Bertz CT molecular complexity index is 276. The van der Waals surface area contributed by atoms with Gasteiger partial charge >= 0.3 is 0 Å². The molecule has 1 aromatic heterocycles. The highest BCUT2D eigenvalue weighted by Crippen LogP contribution is 2.31. The van der Waals surface area contributed by atoms with E-state index in [2.05, 4.69) is 5.32 Å². The Labute approximate surface area is 93.0 Å². The fraction of sp³-hybridized carbons (Fsp3) is 0.556. The molecule has 0 spiro atoms. The number of nitrogens with one attached hydrogen (secondary N) is 1. The Balaban J connectivity index is 2.86. The maximum atomic E-state index is 6.03. The molecular weight excluding hydrogens is 222 g/mol. The number of halogens is 1. The molecule has 0 aromatic carbocycles. The van der Waals surface area contributed by atoms with Crippen LogP contribution in [0.5, 0.6) is 0 Å². The fourth-order valence-corrected chi connectivity index (χ4v) is 2.58. The normalized spacial score (nSPS) is 13.5. The highest BCUT2D eigenvalue weighted by atomic mass is 35.5. The summed E-state index contributed by atoms with van der Waals surface area (Å²) in [6.07, 6.45) is -0.323. The van der Waals surface area contributed by atoms with Gasteiger partial charge in [0.15, 0.2) is 6.29 Å². The van der Waals surface area contributed by atoms with Crippen molar-refractivity contribution in [1.82, 2.24) is 5.32 Å². The maximum absolute atomic E-state index is 6.03. The Morgan fingerprint density at radius 1 is 1.43 bits per heavy atom. The van der Waals surface area contributed by atoms with Crippen molar-refractivity contribution in [3.63, 3.8) is 0 Å². The fourth-order valence-electron chi connectivity index (χ4n) is 1.29. The minimum atomic E-state index is -0.323. The van der Waals surface area contributed by atoms with Crippen molar-refractivity contribution in [3.8, 4) is 0 Å². The predicted molar refractivity (Wildman–Crippen MR) is 58.9 cm³/mol. The highest BCUT2D eigenvalue weighted by molar-refractivity contribution is 7.10. The molecule has 1 rings (SSSR count). The third-order valence-electron chi connectivity index (χ3n) is 1.98. The number of ether oxygens (including phenoxy) is 2. The summed E-state index contributed by atoms with van der Waals surface area (Å²) in [4.78, 5) is 1.03. The molecule has 0 fully saturated rings. The average Bonchev–Trinajstić information content (AvgIpc) is 2.61. The van der Waals surface area contributed by atoms with E-state index in [9.17, 15) is 0 Å². The third-order valence-corrected chi connectivity index (χ3v) is 3.42. The molecule has 0 bridgehead atoms. The molecule has 1 aromatic rings. The van der Waals surface area contributed by atoms with Crippen LogP contribution < -0.4 is 5.32 Å². The van der Waals surface area contributed by atoms with Crippen LogP contribution in [0.1, 0.15) is 10.9 Å². The first kappa shape index (κ1) is 11.9. The van der Waals surface area contributed by atoms with E-state index in [-0.39, 0.29) is 12.3 Å². The van der Waals surface area contributed by atoms with Gasteiger partial charge in [-0.3, -0.25) is 0 Å². The summed E-state index contributed by atoms with van der Waals surface area (Å²) in [6.45, 7) is 0. The van der Waals surface area contributed by atoms with Crippen molar-refractivity contribution >= 4 is 22.9 Å². The number of hydrogen-bond donors (Lipinski definition) is 1. The van der Waals surface area contributed by atoms with Gasteiger partial charge in [-0.15, -0.1) is 11.3 Å². The van der Waals surface area contributed by atoms with Crippen molar-refractivity contribution in [3.05, 3.63) is 21.3 Å². The van der Waals surface area contributed by atoms with Crippen LogP contribution in [0.15, 0.2) is 11.4 Å². The number of rotatable bonds is 5. The molecule has 1 heterocycles. The molecule has 80 valence electrons. The van der Waals surface area contributed by atoms with Crippen LogP contribution in [0.25, 0.3) is 0 Å². The topological polar surface area (TPSA) is 30.5 Å². The molecule has 5 heteroatoms. The van der Waals surface area contributed by atoms with Crippen molar-refractivity contribution in [2.24, 2.45) is 0 Å². The van der Waals surface area contributed by atoms with Crippen LogP contribution in [-0.4, -0.2) is 27.6 Å². The SMILES string of the molecule is CNC(c1sccc1Cl)C(OC)OC. The van der Waals surface area contributed by atoms with E-state index < -0.39 is 0 Å². The molecule has 14 heavy (non-hydrogen) atoms. The Morgan fingerprint density at radius 3 is 2.43 bits per heavy atom. The molecule has 0 radical (unpaired) electrons. The molecule has 0 aliphatic heterocycles. The first-order valence-electron chi connectivity index (χ1n) is 4.20. The second kappa shape index (κ2) is 5.68. The van der Waals surface area contributed by atoms with Gasteiger partial charge < -0.3 is 14.8 Å². The maximum Gasteiger partial charge on any atom is 0.177 e. The van der Waals surface area contributed by atoms with Crippen molar-refractivity contribution in [2.75, 3.05) is 21.3 Å². The zero-order valence-electron chi connectivity index (χ0n) is 8.41. The molecule has 1 atom stereocenters. The van der Waals surface area contributed by atoms with E-state index in [0.717, 1.165) is 9.90 Å². The quantitative estimate of drug-likeness (QED) is 0.795. The average molecular weight is 236 g/mol. The van der Waals surface area contributed by atoms with Gasteiger partial charge in [0.25, 0.3) is 0 Å². The summed E-state index contributed by atoms with van der Waals surface area (Å²) >= 11 is 7.62. The van der Waals surface area contributed by atoms with Gasteiger partial charge in [0.2, 0.25) is 0 Å². The standard InChI is InChI=1S/C9H14ClNO2S/c1-11-7(9(12-2)13-3)8-6(10)4-5-14-8/h4-5,7,9,11H,1-3H3. The first-order chi connectivity index (χ1) is 6.74. The highest BCUT2D eigenvalue weighted by Gasteiger charge is 2.24. The van der Waals surface area contributed by atoms with Gasteiger partial charge in [0.1, 0.15) is 0 Å². The molecule has 0 saturated heterocycles. The molecule has 0 aliphatic carbocycles. The van der Waals surface area contributed by atoms with E-state index >= 15 is 0 Å². The zero-order chi connectivity index (χ0) is 10.6. The van der Waals surface area contributed by atoms with Gasteiger partial charge in [-0.2, -0.15) is 0 Å². The molecule has 0 saturated carbocycles. The minimum absolute atomic E-state index is 0.0301. The van der Waals surface area contributed by atoms with Gasteiger partial charge in [-0.05, 0) is 18.5 Å². The van der Waals surface area contributed by atoms with Crippen molar-refractivity contribution < 1.29 is 9.47 Å². The van der Waals surface area contributed by atoms with Crippen LogP contribution >= 0.6 is 22.9 Å². The summed E-state index contributed by atoms with van der Waals surface area (Å²) in [5.74, 6) is 0. The molecule has 1 unspecified atom stereocenters. The van der Waals surface area contributed by atoms with Gasteiger partial charge in [0, 0.05) is 19.1 Å². The van der Waals surface area contributed by atoms with Crippen molar-refractivity contribution in [2.45, 2.75) is 12.3 Å². The van der Waals surface area contributed by atoms with E-state index in [0.29, 0.717) is 0 Å². The second-order valence-corrected chi connectivity index (χ2v) is 4.09. The lowest BCUT2D eigenvalue weighted by Crippen LogP contribution is -2.31. The Hall–Kier alpha value is -0.130. The lowest BCUT2D eigenvalue weighted by atomic mass is 10.2. The minimum Gasteiger partial charge on any atom is -0.354 e. The van der Waals surface area contributed by atoms with Crippen LogP contribution in [0, 0.1) is 0 Å². The first-order valence-corrected chi connectivity index (χ1v) is 5.46. The lowest BCUT2D eigenvalue weighted by Gasteiger charge is -2.23. The summed E-state index contributed by atoms with van der Waals surface area (Å²) < 4.78 is 10.4. The van der Waals surface area contributed by atoms with Crippen LogP contribution in [0.4, 0.5) is 0 Å². The summed E-state index contributed by atoms with van der Waals surface area (Å²) in [6, 6.07) is 1.84. The van der Waals surface area contributed by atoms with E-state index in [1.54, 1.807) is 25.6 Å². The van der Waals surface area contributed by atoms with Gasteiger partial charge in [-0.25, -0.2) is 0 Å². The summed E-state index contributed by atoms with van der Waals surface area (Å²) in [5.41, 5.74) is 0. The van der Waals surface area contributed by atoms with Crippen LogP contribution in [0.3, 0.4) is 0 Å². The molecule has 0 amide bonds. The monoisotopic (exact) mass is 235 g/mol. The molecule has 1 N–H and O–H groups in total. The lowest BCUT2D eigenvalue weighted by molar-refractivity contribution is -0.122. The van der Waals surface area contributed by atoms with E-state index in [1.165, 1.54) is 0 Å². The number of likely N-dealkylation sites (N-methyl/N-ethyl adjacent to an activating group) is 1. The molecule has 0 aliphatic rings. The number of hydrogen-bond acceptors (Lipinski definition) is 4. The van der Waals surface area contributed by atoms with Crippen molar-refractivity contribution in [1.29, 1.82) is 0 Å². The van der Waals surface area contributed by atoms with Gasteiger partial charge in [0.05, 0.1) is 11.1 Å². The van der Waals surface area contributed by atoms with Crippen LogP contribution in [0.2, 0.25) is 5.02 Å². The van der Waals surface area contributed by atoms with E-state index in [1.807, 2.05) is 18.5 Å². The Morgan fingerprint density at radius 2 is 2.07 bits per heavy atom. The predicted octanol–water partition coefficient (Wildman–Crippen LogP) is 2.28. The van der Waals surface area contributed by atoms with Gasteiger partial charge in [-0.1, -0.05) is 11.6 Å². The Kier molecular flexibility index (Phi) is 4.84. The summed E-state index contributed by atoms with van der Waals surface area (Å²) in [7, 11) is 5.08. The van der Waals surface area contributed by atoms with E-state index in [4.69, 9.17) is 21.1 Å². The summed E-state index contributed by atoms with van der Waals surface area (Å²) in [5, 5.41) is 5.82. The largest absolute Gasteiger partial charge is 0.354 e. The number of thiophene rings is 1. The number of methoxy groups -OCH3 is 2. The molecule has 3 nitrogen and oxygen atoms in total. The third kappa shape index (κ3) is 2.46. The zero-order valence-corrected chi connectivity index (χ0v) is 9.98.